The van der Waals surface area contributed by atoms with Crippen molar-refractivity contribution in [2.24, 2.45) is 7.05 Å². The molecule has 6 nitrogen and oxygen atoms in total. The number of rotatable bonds is 0. The molecule has 0 spiro atoms. The second-order valence-electron chi connectivity index (χ2n) is 3.37. The Morgan fingerprint density at radius 2 is 1.83 bits per heavy atom. The smallest absolute Gasteiger partial charge is 0.400 e. The number of amides is 1. The standard InChI is InChI=1S/C9H14N3O2.C2H6.CH4O/c1-10-2-3-12(8-10)9(13)11-4-6-14-7-5-11;2*1-2/h2-3,8H,4-7H2,1H3;1-2H3;2H,1H3/q+1;;. The quantitative estimate of drug-likeness (QED) is 0.679. The zero-order chi connectivity index (χ0) is 14.0. The van der Waals surface area contributed by atoms with Gasteiger partial charge in [0.1, 0.15) is 12.4 Å². The topological polar surface area (TPSA) is 58.6 Å². The molecule has 18 heavy (non-hydrogen) atoms. The van der Waals surface area contributed by atoms with Crippen LogP contribution in [0.15, 0.2) is 18.7 Å². The molecular formula is C12H24N3O3+. The van der Waals surface area contributed by atoms with Crippen LogP contribution in [0, 0.1) is 0 Å². The summed E-state index contributed by atoms with van der Waals surface area (Å²) in [6.45, 7) is 6.64. The highest BCUT2D eigenvalue weighted by molar-refractivity contribution is 5.76. The number of aryl methyl sites for hydroxylation is 1. The molecule has 6 heteroatoms. The van der Waals surface area contributed by atoms with Crippen LogP contribution in [0.2, 0.25) is 0 Å². The zero-order valence-corrected chi connectivity index (χ0v) is 11.7. The molecule has 1 amide bonds. The van der Waals surface area contributed by atoms with Gasteiger partial charge in [0.2, 0.25) is 0 Å². The third kappa shape index (κ3) is 4.85. The minimum atomic E-state index is 0.0221. The van der Waals surface area contributed by atoms with E-state index in [1.165, 1.54) is 0 Å². The molecule has 0 unspecified atom stereocenters. The third-order valence-corrected chi connectivity index (χ3v) is 2.27. The van der Waals surface area contributed by atoms with Crippen molar-refractivity contribution in [2.45, 2.75) is 13.8 Å². The van der Waals surface area contributed by atoms with E-state index < -0.39 is 0 Å². The molecule has 0 aromatic carbocycles. The van der Waals surface area contributed by atoms with Crippen LogP contribution in [-0.4, -0.2) is 54.0 Å². The molecular weight excluding hydrogens is 234 g/mol. The second kappa shape index (κ2) is 9.61. The molecule has 0 saturated carbocycles. The fourth-order valence-electron chi connectivity index (χ4n) is 1.48. The van der Waals surface area contributed by atoms with Crippen molar-refractivity contribution in [3.63, 3.8) is 0 Å². The number of aliphatic hydroxyl groups is 1. The highest BCUT2D eigenvalue weighted by Gasteiger charge is 2.22. The largest absolute Gasteiger partial charge is 0.415 e. The molecule has 1 aliphatic heterocycles. The van der Waals surface area contributed by atoms with Crippen LogP contribution in [-0.2, 0) is 11.8 Å². The molecule has 1 saturated heterocycles. The minimum absolute atomic E-state index is 0.0221. The van der Waals surface area contributed by atoms with Crippen LogP contribution < -0.4 is 4.57 Å². The SMILES string of the molecule is CC.CO.C[n+]1ccn(C(=O)N2CCOCC2)c1. The summed E-state index contributed by atoms with van der Waals surface area (Å²) in [5.74, 6) is 0. The maximum atomic E-state index is 11.8. The fourth-order valence-corrected chi connectivity index (χ4v) is 1.48. The molecule has 0 bridgehead atoms. The number of nitrogens with zero attached hydrogens (tertiary/aromatic N) is 3. The van der Waals surface area contributed by atoms with E-state index in [1.807, 2.05) is 31.7 Å². The Labute approximate surface area is 108 Å². The van der Waals surface area contributed by atoms with Gasteiger partial charge in [-0.15, -0.1) is 0 Å². The van der Waals surface area contributed by atoms with Gasteiger partial charge in [-0.3, -0.25) is 4.90 Å². The molecule has 1 aromatic rings. The summed E-state index contributed by atoms with van der Waals surface area (Å²) in [5.41, 5.74) is 0. The van der Waals surface area contributed by atoms with Gasteiger partial charge < -0.3 is 9.84 Å². The summed E-state index contributed by atoms with van der Waals surface area (Å²) in [4.78, 5) is 13.6. The van der Waals surface area contributed by atoms with E-state index >= 15 is 0 Å². The van der Waals surface area contributed by atoms with Crippen molar-refractivity contribution in [1.82, 2.24) is 9.47 Å². The van der Waals surface area contributed by atoms with Crippen LogP contribution in [0.5, 0.6) is 0 Å². The maximum Gasteiger partial charge on any atom is 0.415 e. The van der Waals surface area contributed by atoms with Crippen LogP contribution in [0.4, 0.5) is 4.79 Å². The van der Waals surface area contributed by atoms with E-state index in [0.29, 0.717) is 26.3 Å². The Balaban J connectivity index is 0.000000659. The van der Waals surface area contributed by atoms with Crippen LogP contribution >= 0.6 is 0 Å². The van der Waals surface area contributed by atoms with Gasteiger partial charge in [-0.25, -0.2) is 9.36 Å². The molecule has 0 atom stereocenters. The second-order valence-corrected chi connectivity index (χ2v) is 3.37. The molecule has 104 valence electrons. The Bertz CT molecular complexity index is 333. The molecule has 1 aliphatic rings. The van der Waals surface area contributed by atoms with Gasteiger partial charge in [-0.05, 0) is 0 Å². The zero-order valence-electron chi connectivity index (χ0n) is 11.7. The molecule has 1 fully saturated rings. The monoisotopic (exact) mass is 258 g/mol. The highest BCUT2D eigenvalue weighted by atomic mass is 16.5. The van der Waals surface area contributed by atoms with Crippen LogP contribution in [0.25, 0.3) is 0 Å². The van der Waals surface area contributed by atoms with Crippen molar-refractivity contribution in [1.29, 1.82) is 0 Å². The average Bonchev–Trinajstić information content (AvgIpc) is 2.90. The predicted octanol–water partition coefficient (Wildman–Crippen LogP) is 0.248. The highest BCUT2D eigenvalue weighted by Crippen LogP contribution is 2.00. The Hall–Kier alpha value is -1.40. The van der Waals surface area contributed by atoms with Gasteiger partial charge in [-0.2, -0.15) is 4.57 Å². The molecule has 1 N–H and O–H groups in total. The number of aliphatic hydroxyl groups excluding tert-OH is 1. The van der Waals surface area contributed by atoms with E-state index in [-0.39, 0.29) is 6.03 Å². The summed E-state index contributed by atoms with van der Waals surface area (Å²) in [6.07, 6.45) is 5.37. The van der Waals surface area contributed by atoms with Crippen molar-refractivity contribution in [3.8, 4) is 0 Å². The lowest BCUT2D eigenvalue weighted by molar-refractivity contribution is -0.670. The fraction of sp³-hybridized carbons (Fsp3) is 0.667. The first-order chi connectivity index (χ1) is 8.77. The van der Waals surface area contributed by atoms with Gasteiger partial charge in [0, 0.05) is 20.2 Å². The molecule has 0 radical (unpaired) electrons. The minimum Gasteiger partial charge on any atom is -0.400 e. The van der Waals surface area contributed by atoms with E-state index in [4.69, 9.17) is 9.84 Å². The van der Waals surface area contributed by atoms with E-state index in [1.54, 1.807) is 22.0 Å². The molecule has 0 aliphatic carbocycles. The summed E-state index contributed by atoms with van der Waals surface area (Å²) < 4.78 is 8.62. The van der Waals surface area contributed by atoms with Gasteiger partial charge in [0.25, 0.3) is 6.33 Å². The Morgan fingerprint density at radius 1 is 1.28 bits per heavy atom. The number of carbonyl (C=O) groups is 1. The van der Waals surface area contributed by atoms with Crippen molar-refractivity contribution in [3.05, 3.63) is 18.7 Å². The van der Waals surface area contributed by atoms with Gasteiger partial charge in [-0.1, -0.05) is 13.8 Å². The van der Waals surface area contributed by atoms with Gasteiger partial charge >= 0.3 is 6.03 Å². The lowest BCUT2D eigenvalue weighted by Gasteiger charge is -2.24. The lowest BCUT2D eigenvalue weighted by atomic mass is 10.4. The molecule has 2 heterocycles. The number of imidazole rings is 1. The van der Waals surface area contributed by atoms with Crippen LogP contribution in [0.3, 0.4) is 0 Å². The summed E-state index contributed by atoms with van der Waals surface area (Å²) >= 11 is 0. The van der Waals surface area contributed by atoms with Crippen molar-refractivity contribution >= 4 is 6.03 Å². The molecule has 2 rings (SSSR count). The van der Waals surface area contributed by atoms with Crippen molar-refractivity contribution < 1.29 is 19.2 Å². The number of hydrogen-bond donors (Lipinski definition) is 1. The maximum absolute atomic E-state index is 11.8. The average molecular weight is 258 g/mol. The number of carbonyl (C=O) groups excluding carboxylic acids is 1. The lowest BCUT2D eigenvalue weighted by Crippen LogP contribution is -2.43. The number of hydrogen-bond acceptors (Lipinski definition) is 3. The summed E-state index contributed by atoms with van der Waals surface area (Å²) in [7, 11) is 2.89. The first-order valence-corrected chi connectivity index (χ1v) is 6.12. The predicted molar refractivity (Wildman–Crippen MR) is 68.3 cm³/mol. The summed E-state index contributed by atoms with van der Waals surface area (Å²) in [6, 6.07) is 0.0221. The normalized spacial score (nSPS) is 13.9. The molecule has 1 aromatic heterocycles. The number of morpholine rings is 1. The van der Waals surface area contributed by atoms with E-state index in [2.05, 4.69) is 0 Å². The Kier molecular flexibility index (Phi) is 8.86. The van der Waals surface area contributed by atoms with Crippen LogP contribution in [0.1, 0.15) is 13.8 Å². The summed E-state index contributed by atoms with van der Waals surface area (Å²) in [5, 5.41) is 7.00. The van der Waals surface area contributed by atoms with E-state index in [0.717, 1.165) is 7.11 Å². The Morgan fingerprint density at radius 3 is 2.28 bits per heavy atom. The number of aromatic nitrogens is 2. The first-order valence-electron chi connectivity index (χ1n) is 6.12. The van der Waals surface area contributed by atoms with Crippen molar-refractivity contribution in [2.75, 3.05) is 33.4 Å². The third-order valence-electron chi connectivity index (χ3n) is 2.27. The van der Waals surface area contributed by atoms with Gasteiger partial charge in [0.15, 0.2) is 0 Å². The van der Waals surface area contributed by atoms with Gasteiger partial charge in [0.05, 0.1) is 20.3 Å². The first kappa shape index (κ1) is 16.6. The van der Waals surface area contributed by atoms with E-state index in [9.17, 15) is 4.79 Å². The number of ether oxygens (including phenoxy) is 1.